The van der Waals surface area contributed by atoms with Crippen molar-refractivity contribution in [3.05, 3.63) is 121 Å². The van der Waals surface area contributed by atoms with Crippen LogP contribution < -0.4 is 0 Å². The van der Waals surface area contributed by atoms with E-state index in [1.54, 1.807) is 0 Å². The molecule has 196 valence electrons. The van der Waals surface area contributed by atoms with Gasteiger partial charge in [-0.2, -0.15) is 121 Å². The van der Waals surface area contributed by atoms with Crippen molar-refractivity contribution in [3.8, 4) is 22.3 Å². The number of hydrogen-bond donors (Lipinski definition) is 0. The van der Waals surface area contributed by atoms with E-state index in [2.05, 4.69) is 52.0 Å². The molecule has 0 aromatic heterocycles. The van der Waals surface area contributed by atoms with Gasteiger partial charge in [0.2, 0.25) is 0 Å². The second-order valence-corrected chi connectivity index (χ2v) is 9.79. The maximum atomic E-state index is 3.15. The molecular formula is C32H36Pt2S2. The summed E-state index contributed by atoms with van der Waals surface area (Å²) in [6.45, 7) is 8.70. The van der Waals surface area contributed by atoms with Crippen molar-refractivity contribution in [1.82, 2.24) is 0 Å². The van der Waals surface area contributed by atoms with E-state index in [9.17, 15) is 0 Å². The smallest absolute Gasteiger partial charge is 0.226 e. The Morgan fingerprint density at radius 3 is 0.750 bits per heavy atom. The Hall–Kier alpha value is -1.04. The first-order valence-corrected chi connectivity index (χ1v) is 14.1. The monoisotopic (exact) mass is 874 g/mol. The van der Waals surface area contributed by atoms with Gasteiger partial charge < -0.3 is 0 Å². The fourth-order valence-electron chi connectivity index (χ4n) is 2.65. The van der Waals surface area contributed by atoms with Gasteiger partial charge in [-0.3, -0.25) is 0 Å². The molecule has 0 nitrogen and oxygen atoms in total. The van der Waals surface area contributed by atoms with E-state index in [-0.39, 0.29) is 42.1 Å². The van der Waals surface area contributed by atoms with Crippen LogP contribution in [0.3, 0.4) is 0 Å². The molecule has 0 unspecified atom stereocenters. The quantitative estimate of drug-likeness (QED) is 0.177. The van der Waals surface area contributed by atoms with E-state index >= 15 is 0 Å². The Morgan fingerprint density at radius 2 is 0.639 bits per heavy atom. The average molecular weight is 875 g/mol. The maximum absolute atomic E-state index is 3.15. The fraction of sp³-hybridized carbons (Fsp3) is 0.250. The van der Waals surface area contributed by atoms with Crippen molar-refractivity contribution in [2.75, 3.05) is 23.0 Å². The zero-order chi connectivity index (χ0) is 24.7. The van der Waals surface area contributed by atoms with Gasteiger partial charge in [0.25, 0.3) is 0 Å². The molecule has 36 heavy (non-hydrogen) atoms. The van der Waals surface area contributed by atoms with E-state index in [0.29, 0.717) is 0 Å². The van der Waals surface area contributed by atoms with Crippen LogP contribution in [0.25, 0.3) is 22.3 Å². The molecule has 0 saturated carbocycles. The molecule has 0 amide bonds. The molecule has 0 radical (unpaired) electrons. The zero-order valence-corrected chi connectivity index (χ0v) is 27.7. The summed E-state index contributed by atoms with van der Waals surface area (Å²) >= 11 is 3.93. The minimum Gasteiger partial charge on any atom is -0.226 e. The topological polar surface area (TPSA) is 0 Å². The number of rotatable bonds is 6. The van der Waals surface area contributed by atoms with Gasteiger partial charge in [0, 0.05) is 0 Å². The van der Waals surface area contributed by atoms with Crippen molar-refractivity contribution in [2.24, 2.45) is 0 Å². The fourth-order valence-corrected chi connectivity index (χ4v) is 3.47. The molecular weight excluding hydrogens is 839 g/mol. The first-order valence-electron chi connectivity index (χ1n) is 11.8. The predicted octanol–water partition coefficient (Wildman–Crippen LogP) is 9.42. The predicted molar refractivity (Wildman–Crippen MR) is 156 cm³/mol. The minimum atomic E-state index is 0. The van der Waals surface area contributed by atoms with Gasteiger partial charge >= 0.3 is 42.1 Å². The van der Waals surface area contributed by atoms with Crippen LogP contribution in [0.2, 0.25) is 0 Å². The summed E-state index contributed by atoms with van der Waals surface area (Å²) in [6, 6.07) is 44.3. The van der Waals surface area contributed by atoms with Crippen molar-refractivity contribution in [3.63, 3.8) is 0 Å². The average Bonchev–Trinajstić information content (AvgIpc) is 2.93. The van der Waals surface area contributed by atoms with Crippen molar-refractivity contribution < 1.29 is 42.1 Å². The second-order valence-electron chi connectivity index (χ2n) is 6.67. The molecule has 0 atom stereocenters. The van der Waals surface area contributed by atoms with Crippen LogP contribution in [0.4, 0.5) is 0 Å². The van der Waals surface area contributed by atoms with Crippen LogP contribution >= 0.6 is 23.5 Å². The maximum Gasteiger partial charge on any atom is 2.00 e. The molecule has 0 aliphatic rings. The summed E-state index contributed by atoms with van der Waals surface area (Å²) in [4.78, 5) is 0. The second kappa shape index (κ2) is 27.0. The van der Waals surface area contributed by atoms with Crippen LogP contribution in [-0.2, 0) is 42.1 Å². The molecule has 0 saturated heterocycles. The van der Waals surface area contributed by atoms with Gasteiger partial charge in [-0.1, -0.05) is 27.7 Å². The normalized spacial score (nSPS) is 8.78. The summed E-state index contributed by atoms with van der Waals surface area (Å²) in [5.74, 6) is 5.04. The van der Waals surface area contributed by atoms with Gasteiger partial charge in [0.15, 0.2) is 0 Å². The van der Waals surface area contributed by atoms with Crippen molar-refractivity contribution in [2.45, 2.75) is 27.7 Å². The van der Waals surface area contributed by atoms with E-state index in [1.807, 2.05) is 121 Å². The third-order valence-electron chi connectivity index (χ3n) is 4.23. The first-order chi connectivity index (χ1) is 16.8. The van der Waals surface area contributed by atoms with Crippen LogP contribution in [0.15, 0.2) is 97.1 Å². The Balaban J connectivity index is 0. The van der Waals surface area contributed by atoms with Gasteiger partial charge in [0.1, 0.15) is 0 Å². The molecule has 4 aromatic carbocycles. The van der Waals surface area contributed by atoms with E-state index in [1.165, 1.54) is 23.0 Å². The van der Waals surface area contributed by atoms with Gasteiger partial charge in [-0.25, -0.2) is 22.3 Å². The number of hydrogen-bond acceptors (Lipinski definition) is 2. The van der Waals surface area contributed by atoms with Crippen LogP contribution in [0, 0.1) is 24.3 Å². The van der Waals surface area contributed by atoms with Gasteiger partial charge in [-0.15, -0.1) is 24.3 Å². The summed E-state index contributed by atoms with van der Waals surface area (Å²) in [5.41, 5.74) is 4.38. The van der Waals surface area contributed by atoms with E-state index in [0.717, 1.165) is 22.3 Å². The Kier molecular flexibility index (Phi) is 27.8. The van der Waals surface area contributed by atoms with Gasteiger partial charge in [0.05, 0.1) is 0 Å². The largest absolute Gasteiger partial charge is 2.00 e. The molecule has 0 fully saturated rings. The molecule has 0 N–H and O–H groups in total. The van der Waals surface area contributed by atoms with Crippen molar-refractivity contribution in [1.29, 1.82) is 0 Å². The summed E-state index contributed by atoms with van der Waals surface area (Å²) in [7, 11) is 0. The Morgan fingerprint density at radius 1 is 0.417 bits per heavy atom. The van der Waals surface area contributed by atoms with Crippen LogP contribution in [0.1, 0.15) is 27.7 Å². The molecule has 0 heterocycles. The summed E-state index contributed by atoms with van der Waals surface area (Å²) in [6.07, 6.45) is 0. The minimum absolute atomic E-state index is 0. The molecule has 0 spiro atoms. The summed E-state index contributed by atoms with van der Waals surface area (Å²) < 4.78 is 0. The van der Waals surface area contributed by atoms with Crippen LogP contribution in [0.5, 0.6) is 0 Å². The molecule has 0 aliphatic heterocycles. The SMILES string of the molecule is CCSCC.CCSCC.[Pt+2].[Pt+2].[c-]1ccccc1-c1[c-]cccc1.[c-]1ccccc1-c1[c-]cccc1. The number of thioether (sulfide) groups is 2. The third-order valence-corrected chi connectivity index (χ3v) is 5.87. The zero-order valence-electron chi connectivity index (χ0n) is 21.5. The first kappa shape index (κ1) is 37.1. The molecule has 0 aliphatic carbocycles. The molecule has 0 bridgehead atoms. The molecule has 4 heteroatoms. The third kappa shape index (κ3) is 18.2. The Labute approximate surface area is 258 Å². The van der Waals surface area contributed by atoms with E-state index < -0.39 is 0 Å². The number of benzene rings is 4. The molecule has 4 rings (SSSR count). The molecule has 4 aromatic rings. The van der Waals surface area contributed by atoms with Crippen LogP contribution in [-0.4, -0.2) is 23.0 Å². The van der Waals surface area contributed by atoms with Crippen molar-refractivity contribution >= 4 is 23.5 Å². The van der Waals surface area contributed by atoms with Gasteiger partial charge in [-0.05, 0) is 23.0 Å². The Bertz CT molecular complexity index is 775. The standard InChI is InChI=1S/2C12H8.2C4H10S.2Pt/c2*1-3-7-11(8-4-1)12-9-5-2-6-10-12;2*1-3-5-4-2;;/h2*1-7,9H;2*3-4H2,1-2H3;;/q2*-2;;;2*+2. The van der Waals surface area contributed by atoms with E-state index in [4.69, 9.17) is 0 Å². The summed E-state index contributed by atoms with van der Waals surface area (Å²) in [5, 5.41) is 0.